The van der Waals surface area contributed by atoms with Crippen molar-refractivity contribution in [2.75, 3.05) is 18.5 Å². The number of nitrogens with one attached hydrogen (secondary N) is 3. The summed E-state index contributed by atoms with van der Waals surface area (Å²) in [4.78, 5) is 26.0. The molecule has 0 bridgehead atoms. The Morgan fingerprint density at radius 2 is 1.53 bits per heavy atom. The first kappa shape index (κ1) is 23.5. The topological polar surface area (TPSA) is 79.5 Å². The van der Waals surface area contributed by atoms with Crippen molar-refractivity contribution in [1.29, 1.82) is 0 Å². The fraction of sp³-hybridized carbons (Fsp3) is 0.286. The zero-order chi connectivity index (χ0) is 23.8. The minimum absolute atomic E-state index is 0.0710. The quantitative estimate of drug-likeness (QED) is 0.448. The molecule has 1 fully saturated rings. The summed E-state index contributed by atoms with van der Waals surface area (Å²) in [6, 6.07) is 26.2. The van der Waals surface area contributed by atoms with Crippen molar-refractivity contribution in [3.63, 3.8) is 0 Å². The number of carbonyl (C=O) groups excluding carboxylic acids is 2. The minimum Gasteiger partial charge on any atom is -0.376 e. The lowest BCUT2D eigenvalue weighted by Gasteiger charge is -2.23. The van der Waals surface area contributed by atoms with E-state index in [0.29, 0.717) is 17.8 Å². The summed E-state index contributed by atoms with van der Waals surface area (Å²) in [7, 11) is 0. The van der Waals surface area contributed by atoms with E-state index in [-0.39, 0.29) is 24.0 Å². The van der Waals surface area contributed by atoms with Crippen LogP contribution in [0.25, 0.3) is 0 Å². The number of carbonyl (C=O) groups is 2. The van der Waals surface area contributed by atoms with Crippen molar-refractivity contribution < 1.29 is 14.3 Å². The predicted molar refractivity (Wildman–Crippen MR) is 134 cm³/mol. The van der Waals surface area contributed by atoms with Crippen molar-refractivity contribution in [3.8, 4) is 0 Å². The molecule has 3 N–H and O–H groups in total. The van der Waals surface area contributed by atoms with E-state index in [9.17, 15) is 9.59 Å². The SMILES string of the molecule is C[C@H](Nc1ccccc1C(=O)NC[C@@H]1CCCO1)C(=O)NC(c1ccccc1)c1ccccc1. The van der Waals surface area contributed by atoms with E-state index in [1.807, 2.05) is 78.9 Å². The third-order valence-electron chi connectivity index (χ3n) is 6.00. The Balaban J connectivity index is 1.44. The maximum Gasteiger partial charge on any atom is 0.253 e. The molecule has 4 rings (SSSR count). The summed E-state index contributed by atoms with van der Waals surface area (Å²) in [5.74, 6) is -0.343. The van der Waals surface area contributed by atoms with Crippen molar-refractivity contribution in [2.45, 2.75) is 38.0 Å². The standard InChI is InChI=1S/C28H31N3O3/c1-20(27(32)31-26(21-11-4-2-5-12-21)22-13-6-3-7-14-22)30-25-17-9-8-16-24(25)28(33)29-19-23-15-10-18-34-23/h2-9,11-14,16-17,20,23,26,30H,10,15,18-19H2,1H3,(H,29,33)(H,31,32)/t20-,23-/m0/s1. The summed E-state index contributed by atoms with van der Waals surface area (Å²) in [5, 5.41) is 9.34. The molecule has 3 aromatic carbocycles. The number of hydrogen-bond acceptors (Lipinski definition) is 4. The summed E-state index contributed by atoms with van der Waals surface area (Å²) >= 11 is 0. The van der Waals surface area contributed by atoms with E-state index in [4.69, 9.17) is 4.74 Å². The number of rotatable bonds is 9. The first-order valence-corrected chi connectivity index (χ1v) is 11.8. The Labute approximate surface area is 200 Å². The molecule has 176 valence electrons. The van der Waals surface area contributed by atoms with Crippen LogP contribution >= 0.6 is 0 Å². The maximum absolute atomic E-state index is 13.2. The highest BCUT2D eigenvalue weighted by Gasteiger charge is 2.22. The van der Waals surface area contributed by atoms with Crippen molar-refractivity contribution in [2.24, 2.45) is 0 Å². The van der Waals surface area contributed by atoms with Crippen LogP contribution in [0.5, 0.6) is 0 Å². The average Bonchev–Trinajstić information content (AvgIpc) is 3.41. The third-order valence-corrected chi connectivity index (χ3v) is 6.00. The third kappa shape index (κ3) is 6.02. The van der Waals surface area contributed by atoms with Crippen LogP contribution in [0, 0.1) is 0 Å². The molecule has 0 saturated carbocycles. The van der Waals surface area contributed by atoms with Crippen molar-refractivity contribution in [3.05, 3.63) is 102 Å². The van der Waals surface area contributed by atoms with Crippen LogP contribution in [0.2, 0.25) is 0 Å². The predicted octanol–water partition coefficient (Wildman–Crippen LogP) is 4.30. The number of anilines is 1. The maximum atomic E-state index is 13.2. The molecule has 3 aromatic rings. The largest absolute Gasteiger partial charge is 0.376 e. The molecule has 1 heterocycles. The Kier molecular flexibility index (Phi) is 7.94. The van der Waals surface area contributed by atoms with E-state index < -0.39 is 6.04 Å². The van der Waals surface area contributed by atoms with Gasteiger partial charge in [0.05, 0.1) is 17.7 Å². The number of hydrogen-bond donors (Lipinski definition) is 3. The van der Waals surface area contributed by atoms with Gasteiger partial charge in [-0.2, -0.15) is 0 Å². The van der Waals surface area contributed by atoms with Crippen LogP contribution in [-0.2, 0) is 9.53 Å². The van der Waals surface area contributed by atoms with Gasteiger partial charge in [0, 0.05) is 18.8 Å². The number of para-hydroxylation sites is 1. The summed E-state index contributed by atoms with van der Waals surface area (Å²) in [6.07, 6.45) is 2.06. The molecule has 0 spiro atoms. The highest BCUT2D eigenvalue weighted by molar-refractivity contribution is 6.00. The van der Waals surface area contributed by atoms with Gasteiger partial charge in [-0.05, 0) is 43.0 Å². The van der Waals surface area contributed by atoms with E-state index in [0.717, 1.165) is 30.6 Å². The zero-order valence-corrected chi connectivity index (χ0v) is 19.4. The smallest absolute Gasteiger partial charge is 0.253 e. The average molecular weight is 458 g/mol. The van der Waals surface area contributed by atoms with E-state index >= 15 is 0 Å². The fourth-order valence-corrected chi connectivity index (χ4v) is 4.13. The zero-order valence-electron chi connectivity index (χ0n) is 19.4. The fourth-order valence-electron chi connectivity index (χ4n) is 4.13. The van der Waals surface area contributed by atoms with E-state index in [2.05, 4.69) is 16.0 Å². The summed E-state index contributed by atoms with van der Waals surface area (Å²) in [6.45, 7) is 3.03. The molecule has 0 aromatic heterocycles. The minimum atomic E-state index is -0.554. The molecular formula is C28H31N3O3. The van der Waals surface area contributed by atoms with Gasteiger partial charge in [0.15, 0.2) is 0 Å². The molecule has 6 nitrogen and oxygen atoms in total. The van der Waals surface area contributed by atoms with Gasteiger partial charge < -0.3 is 20.7 Å². The molecule has 1 saturated heterocycles. The molecule has 0 aliphatic carbocycles. The lowest BCUT2D eigenvalue weighted by atomic mass is 9.98. The van der Waals surface area contributed by atoms with Gasteiger partial charge in [-0.3, -0.25) is 9.59 Å². The van der Waals surface area contributed by atoms with Crippen LogP contribution in [-0.4, -0.2) is 37.1 Å². The van der Waals surface area contributed by atoms with Crippen LogP contribution in [0.15, 0.2) is 84.9 Å². The summed E-state index contributed by atoms with van der Waals surface area (Å²) in [5.41, 5.74) is 3.13. The molecule has 0 radical (unpaired) electrons. The highest BCUT2D eigenvalue weighted by Crippen LogP contribution is 2.23. The Morgan fingerprint density at radius 3 is 2.15 bits per heavy atom. The molecule has 0 unspecified atom stereocenters. The van der Waals surface area contributed by atoms with Gasteiger partial charge in [0.1, 0.15) is 6.04 Å². The lowest BCUT2D eigenvalue weighted by molar-refractivity contribution is -0.122. The van der Waals surface area contributed by atoms with Crippen LogP contribution in [0.1, 0.15) is 47.3 Å². The normalized spacial score (nSPS) is 16.1. The monoisotopic (exact) mass is 457 g/mol. The molecule has 34 heavy (non-hydrogen) atoms. The van der Waals surface area contributed by atoms with Crippen molar-refractivity contribution in [1.82, 2.24) is 10.6 Å². The van der Waals surface area contributed by atoms with Gasteiger partial charge in [0.25, 0.3) is 5.91 Å². The molecule has 2 amide bonds. The number of amides is 2. The van der Waals surface area contributed by atoms with Gasteiger partial charge in [-0.15, -0.1) is 0 Å². The Hall–Kier alpha value is -3.64. The highest BCUT2D eigenvalue weighted by atomic mass is 16.5. The molecule has 6 heteroatoms. The van der Waals surface area contributed by atoms with Crippen LogP contribution in [0.3, 0.4) is 0 Å². The van der Waals surface area contributed by atoms with Crippen LogP contribution < -0.4 is 16.0 Å². The first-order chi connectivity index (χ1) is 16.6. The van der Waals surface area contributed by atoms with E-state index in [1.165, 1.54) is 0 Å². The Morgan fingerprint density at radius 1 is 0.912 bits per heavy atom. The van der Waals surface area contributed by atoms with Gasteiger partial charge in [0.2, 0.25) is 5.91 Å². The molecule has 1 aliphatic rings. The van der Waals surface area contributed by atoms with Crippen molar-refractivity contribution >= 4 is 17.5 Å². The van der Waals surface area contributed by atoms with Gasteiger partial charge in [-0.25, -0.2) is 0 Å². The second-order valence-electron chi connectivity index (χ2n) is 8.52. The number of benzene rings is 3. The van der Waals surface area contributed by atoms with Crippen LogP contribution in [0.4, 0.5) is 5.69 Å². The molecular weight excluding hydrogens is 426 g/mol. The number of ether oxygens (including phenoxy) is 1. The molecule has 2 atom stereocenters. The summed E-state index contributed by atoms with van der Waals surface area (Å²) < 4.78 is 5.59. The van der Waals surface area contributed by atoms with Gasteiger partial charge >= 0.3 is 0 Å². The first-order valence-electron chi connectivity index (χ1n) is 11.8. The molecule has 1 aliphatic heterocycles. The van der Waals surface area contributed by atoms with Gasteiger partial charge in [-0.1, -0.05) is 72.8 Å². The lowest BCUT2D eigenvalue weighted by Crippen LogP contribution is -2.40. The second-order valence-corrected chi connectivity index (χ2v) is 8.52. The Bertz CT molecular complexity index is 1040. The van der Waals surface area contributed by atoms with E-state index in [1.54, 1.807) is 13.0 Å². The second kappa shape index (κ2) is 11.5.